The largest absolute Gasteiger partial charge is 0.391 e. The quantitative estimate of drug-likeness (QED) is 0.795. The zero-order valence-corrected chi connectivity index (χ0v) is 14.2. The third kappa shape index (κ3) is 4.17. The summed E-state index contributed by atoms with van der Waals surface area (Å²) >= 11 is 0. The number of hydrogen-bond acceptors (Lipinski definition) is 3. The molecule has 1 fully saturated rings. The van der Waals surface area contributed by atoms with Gasteiger partial charge in [0.05, 0.1) is 17.8 Å². The third-order valence-corrected chi connectivity index (χ3v) is 4.60. The van der Waals surface area contributed by atoms with Crippen LogP contribution in [-0.4, -0.2) is 32.8 Å². The zero-order valence-electron chi connectivity index (χ0n) is 14.2. The molecule has 134 valence electrons. The molecule has 1 heterocycles. The van der Waals surface area contributed by atoms with E-state index in [-0.39, 0.29) is 24.4 Å². The van der Waals surface area contributed by atoms with E-state index in [0.29, 0.717) is 23.5 Å². The van der Waals surface area contributed by atoms with Crippen LogP contribution in [0.1, 0.15) is 37.1 Å². The molecule has 25 heavy (non-hydrogen) atoms. The van der Waals surface area contributed by atoms with Gasteiger partial charge in [0, 0.05) is 18.9 Å². The van der Waals surface area contributed by atoms with Gasteiger partial charge >= 0.3 is 6.03 Å². The second kappa shape index (κ2) is 7.65. The SMILES string of the molecule is Cc1nccn1-c1ccc(CNC(=O)NC2CCCCC2O)cc1F. The Labute approximate surface area is 146 Å². The Morgan fingerprint density at radius 2 is 2.20 bits per heavy atom. The third-order valence-electron chi connectivity index (χ3n) is 4.60. The van der Waals surface area contributed by atoms with Gasteiger partial charge in [-0.15, -0.1) is 0 Å². The first-order valence-electron chi connectivity index (χ1n) is 8.56. The van der Waals surface area contributed by atoms with Crippen LogP contribution < -0.4 is 10.6 Å². The molecule has 0 radical (unpaired) electrons. The van der Waals surface area contributed by atoms with Gasteiger partial charge in [-0.05, 0) is 37.5 Å². The molecular formula is C18H23FN4O2. The first-order valence-corrected chi connectivity index (χ1v) is 8.56. The number of benzene rings is 1. The fraction of sp³-hybridized carbons (Fsp3) is 0.444. The lowest BCUT2D eigenvalue weighted by Gasteiger charge is -2.28. The van der Waals surface area contributed by atoms with Crippen LogP contribution in [0.2, 0.25) is 0 Å². The number of rotatable bonds is 4. The highest BCUT2D eigenvalue weighted by Gasteiger charge is 2.24. The van der Waals surface area contributed by atoms with E-state index >= 15 is 0 Å². The first-order chi connectivity index (χ1) is 12.0. The second-order valence-corrected chi connectivity index (χ2v) is 6.42. The summed E-state index contributed by atoms with van der Waals surface area (Å²) in [6.07, 6.45) is 6.32. The summed E-state index contributed by atoms with van der Waals surface area (Å²) in [5.41, 5.74) is 1.09. The molecule has 1 aliphatic rings. The molecule has 3 rings (SSSR count). The number of aryl methyl sites for hydroxylation is 1. The Morgan fingerprint density at radius 3 is 2.88 bits per heavy atom. The van der Waals surface area contributed by atoms with Crippen LogP contribution in [0.15, 0.2) is 30.6 Å². The van der Waals surface area contributed by atoms with Gasteiger partial charge in [0.15, 0.2) is 0 Å². The lowest BCUT2D eigenvalue weighted by molar-refractivity contribution is 0.0943. The van der Waals surface area contributed by atoms with Crippen molar-refractivity contribution in [1.82, 2.24) is 20.2 Å². The van der Waals surface area contributed by atoms with Crippen molar-refractivity contribution in [2.45, 2.75) is 51.3 Å². The number of halogens is 1. The Hall–Kier alpha value is -2.41. The maximum Gasteiger partial charge on any atom is 0.315 e. The van der Waals surface area contributed by atoms with Crippen molar-refractivity contribution >= 4 is 6.03 Å². The minimum atomic E-state index is -0.491. The fourth-order valence-corrected chi connectivity index (χ4v) is 3.17. The number of carbonyl (C=O) groups is 1. The highest BCUT2D eigenvalue weighted by molar-refractivity contribution is 5.74. The molecule has 2 amide bonds. The van der Waals surface area contributed by atoms with Crippen LogP contribution in [0.5, 0.6) is 0 Å². The molecule has 0 aliphatic heterocycles. The molecule has 0 saturated heterocycles. The summed E-state index contributed by atoms with van der Waals surface area (Å²) in [6, 6.07) is 4.29. The van der Waals surface area contributed by atoms with Gasteiger partial charge < -0.3 is 20.3 Å². The molecule has 7 heteroatoms. The molecule has 0 bridgehead atoms. The van der Waals surface area contributed by atoms with Gasteiger partial charge in [-0.2, -0.15) is 0 Å². The van der Waals surface area contributed by atoms with Crippen molar-refractivity contribution in [1.29, 1.82) is 0 Å². The van der Waals surface area contributed by atoms with Crippen molar-refractivity contribution in [3.05, 3.63) is 47.8 Å². The molecule has 0 spiro atoms. The average molecular weight is 346 g/mol. The average Bonchev–Trinajstić information content (AvgIpc) is 3.01. The lowest BCUT2D eigenvalue weighted by Crippen LogP contribution is -2.48. The Kier molecular flexibility index (Phi) is 5.33. The predicted molar refractivity (Wildman–Crippen MR) is 91.9 cm³/mol. The highest BCUT2D eigenvalue weighted by atomic mass is 19.1. The lowest BCUT2D eigenvalue weighted by atomic mass is 9.93. The van der Waals surface area contributed by atoms with Crippen LogP contribution in [0.3, 0.4) is 0 Å². The van der Waals surface area contributed by atoms with E-state index in [1.165, 1.54) is 6.07 Å². The summed E-state index contributed by atoms with van der Waals surface area (Å²) in [6.45, 7) is 2.02. The summed E-state index contributed by atoms with van der Waals surface area (Å²) in [5.74, 6) is 0.332. The van der Waals surface area contributed by atoms with Crippen LogP contribution in [0.4, 0.5) is 9.18 Å². The topological polar surface area (TPSA) is 79.2 Å². The van der Waals surface area contributed by atoms with E-state index in [1.807, 2.05) is 0 Å². The van der Waals surface area contributed by atoms with E-state index in [4.69, 9.17) is 0 Å². The number of hydrogen-bond donors (Lipinski definition) is 3. The number of amides is 2. The van der Waals surface area contributed by atoms with Gasteiger partial charge in [-0.1, -0.05) is 18.9 Å². The van der Waals surface area contributed by atoms with Crippen LogP contribution in [0, 0.1) is 12.7 Å². The number of imidazole rings is 1. The molecule has 3 N–H and O–H groups in total. The highest BCUT2D eigenvalue weighted by Crippen LogP contribution is 2.19. The number of nitrogens with one attached hydrogen (secondary N) is 2. The molecule has 1 aliphatic carbocycles. The van der Waals surface area contributed by atoms with Crippen LogP contribution in [0.25, 0.3) is 5.69 Å². The summed E-state index contributed by atoms with van der Waals surface area (Å²) in [7, 11) is 0. The Balaban J connectivity index is 1.57. The van der Waals surface area contributed by atoms with Gasteiger partial charge in [0.2, 0.25) is 0 Å². The number of urea groups is 1. The van der Waals surface area contributed by atoms with E-state index < -0.39 is 6.10 Å². The summed E-state index contributed by atoms with van der Waals surface area (Å²) in [4.78, 5) is 16.1. The van der Waals surface area contributed by atoms with E-state index in [2.05, 4.69) is 15.6 Å². The molecule has 1 saturated carbocycles. The number of aliphatic hydroxyl groups is 1. The van der Waals surface area contributed by atoms with Crippen LogP contribution in [-0.2, 0) is 6.54 Å². The van der Waals surface area contributed by atoms with E-state index in [0.717, 1.165) is 19.3 Å². The van der Waals surface area contributed by atoms with E-state index in [1.54, 1.807) is 36.0 Å². The molecule has 2 atom stereocenters. The van der Waals surface area contributed by atoms with Crippen molar-refractivity contribution < 1.29 is 14.3 Å². The molecule has 1 aromatic heterocycles. The van der Waals surface area contributed by atoms with Crippen LogP contribution >= 0.6 is 0 Å². The maximum atomic E-state index is 14.3. The van der Waals surface area contributed by atoms with Gasteiger partial charge in [0.1, 0.15) is 11.6 Å². The predicted octanol–water partition coefficient (Wildman–Crippen LogP) is 2.42. The Morgan fingerprint density at radius 1 is 1.40 bits per heavy atom. The molecule has 6 nitrogen and oxygen atoms in total. The number of nitrogens with zero attached hydrogens (tertiary/aromatic N) is 2. The first kappa shape index (κ1) is 17.4. The minimum Gasteiger partial charge on any atom is -0.391 e. The maximum absolute atomic E-state index is 14.3. The number of carbonyl (C=O) groups excluding carboxylic acids is 1. The molecule has 2 aromatic rings. The van der Waals surface area contributed by atoms with Crippen molar-refractivity contribution in [2.75, 3.05) is 0 Å². The van der Waals surface area contributed by atoms with Gasteiger partial charge in [-0.25, -0.2) is 14.2 Å². The summed E-state index contributed by atoms with van der Waals surface area (Å²) < 4.78 is 16.0. The van der Waals surface area contributed by atoms with E-state index in [9.17, 15) is 14.3 Å². The fourth-order valence-electron chi connectivity index (χ4n) is 3.17. The number of aliphatic hydroxyl groups excluding tert-OH is 1. The smallest absolute Gasteiger partial charge is 0.315 e. The molecule has 1 aromatic carbocycles. The van der Waals surface area contributed by atoms with Gasteiger partial charge in [0.25, 0.3) is 0 Å². The normalized spacial score (nSPS) is 20.3. The summed E-state index contributed by atoms with van der Waals surface area (Å²) in [5, 5.41) is 15.4. The molecular weight excluding hydrogens is 323 g/mol. The van der Waals surface area contributed by atoms with Crippen molar-refractivity contribution in [3.8, 4) is 5.69 Å². The van der Waals surface area contributed by atoms with Crippen molar-refractivity contribution in [2.24, 2.45) is 0 Å². The standard InChI is InChI=1S/C18H23FN4O2/c1-12-20-8-9-23(12)16-7-6-13(10-14(16)19)11-21-18(25)22-15-4-2-3-5-17(15)24/h6-10,15,17,24H,2-5,11H2,1H3,(H2,21,22,25). The molecule has 2 unspecified atom stereocenters. The number of aromatic nitrogens is 2. The monoisotopic (exact) mass is 346 g/mol. The zero-order chi connectivity index (χ0) is 17.8. The minimum absolute atomic E-state index is 0.211. The Bertz CT molecular complexity index is 746. The second-order valence-electron chi connectivity index (χ2n) is 6.42. The van der Waals surface area contributed by atoms with Gasteiger partial charge in [-0.3, -0.25) is 0 Å². The van der Waals surface area contributed by atoms with Crippen molar-refractivity contribution in [3.63, 3.8) is 0 Å².